The summed E-state index contributed by atoms with van der Waals surface area (Å²) in [6.45, 7) is 4.03. The highest BCUT2D eigenvalue weighted by atomic mass is 32.1. The normalized spacial score (nSPS) is 10.3. The summed E-state index contributed by atoms with van der Waals surface area (Å²) < 4.78 is 5.61. The first-order valence-corrected chi connectivity index (χ1v) is 6.32. The monoisotopic (exact) mass is 263 g/mol. The molecule has 0 unspecified atom stereocenters. The number of hydrogen-bond donors (Lipinski definition) is 1. The Morgan fingerprint density at radius 2 is 2.22 bits per heavy atom. The highest BCUT2D eigenvalue weighted by Crippen LogP contribution is 2.22. The molecule has 0 atom stereocenters. The van der Waals surface area contributed by atoms with Crippen molar-refractivity contribution in [3.8, 4) is 5.75 Å². The standard InChI is InChI=1S/C13H13NO3S/c1-8-11(13(15)16)4-3-5-12(8)17-6-10-7-18-9(2)14-10/h3-5,7H,6H2,1-2H3,(H,15,16). The highest BCUT2D eigenvalue weighted by molar-refractivity contribution is 7.09. The van der Waals surface area contributed by atoms with Gasteiger partial charge in [0.25, 0.3) is 0 Å². The van der Waals surface area contributed by atoms with Crippen LogP contribution in [0.25, 0.3) is 0 Å². The quantitative estimate of drug-likeness (QED) is 0.921. The molecule has 18 heavy (non-hydrogen) atoms. The number of carboxylic acids is 1. The molecule has 1 aromatic carbocycles. The Hall–Kier alpha value is -1.88. The fourth-order valence-corrected chi connectivity index (χ4v) is 2.23. The second kappa shape index (κ2) is 5.18. The van der Waals surface area contributed by atoms with E-state index in [1.165, 1.54) is 0 Å². The number of benzene rings is 1. The number of aryl methyl sites for hydroxylation is 1. The predicted molar refractivity (Wildman–Crippen MR) is 69.3 cm³/mol. The van der Waals surface area contributed by atoms with Gasteiger partial charge in [-0.25, -0.2) is 9.78 Å². The second-order valence-corrected chi connectivity index (χ2v) is 4.94. The van der Waals surface area contributed by atoms with Crippen LogP contribution in [0, 0.1) is 13.8 Å². The molecule has 0 saturated carbocycles. The lowest BCUT2D eigenvalue weighted by Gasteiger charge is -2.09. The topological polar surface area (TPSA) is 59.4 Å². The summed E-state index contributed by atoms with van der Waals surface area (Å²) in [4.78, 5) is 15.3. The van der Waals surface area contributed by atoms with Gasteiger partial charge in [-0.3, -0.25) is 0 Å². The Morgan fingerprint density at radius 3 is 2.83 bits per heavy atom. The summed E-state index contributed by atoms with van der Waals surface area (Å²) in [6, 6.07) is 5.01. The van der Waals surface area contributed by atoms with Crippen LogP contribution in [0.2, 0.25) is 0 Å². The number of carbonyl (C=O) groups is 1. The number of thiazole rings is 1. The molecule has 1 aromatic heterocycles. The number of aromatic nitrogens is 1. The van der Waals surface area contributed by atoms with Crippen molar-refractivity contribution in [2.45, 2.75) is 20.5 Å². The van der Waals surface area contributed by atoms with Gasteiger partial charge in [0.2, 0.25) is 0 Å². The molecule has 0 amide bonds. The van der Waals surface area contributed by atoms with Crippen molar-refractivity contribution in [1.82, 2.24) is 4.98 Å². The number of aromatic carboxylic acids is 1. The van der Waals surface area contributed by atoms with E-state index in [4.69, 9.17) is 9.84 Å². The van der Waals surface area contributed by atoms with Crippen LogP contribution >= 0.6 is 11.3 Å². The van der Waals surface area contributed by atoms with Crippen LogP contribution in [0.1, 0.15) is 26.6 Å². The zero-order valence-electron chi connectivity index (χ0n) is 10.1. The Morgan fingerprint density at radius 1 is 1.44 bits per heavy atom. The molecule has 0 aliphatic heterocycles. The van der Waals surface area contributed by atoms with E-state index in [1.807, 2.05) is 12.3 Å². The zero-order chi connectivity index (χ0) is 13.1. The Bertz CT molecular complexity index is 577. The molecule has 0 aliphatic rings. The summed E-state index contributed by atoms with van der Waals surface area (Å²) in [5.41, 5.74) is 1.76. The van der Waals surface area contributed by atoms with E-state index >= 15 is 0 Å². The maximum atomic E-state index is 11.0. The van der Waals surface area contributed by atoms with E-state index in [-0.39, 0.29) is 5.56 Å². The maximum absolute atomic E-state index is 11.0. The van der Waals surface area contributed by atoms with Crippen molar-refractivity contribution >= 4 is 17.3 Å². The Balaban J connectivity index is 2.14. The molecule has 0 radical (unpaired) electrons. The maximum Gasteiger partial charge on any atom is 0.336 e. The number of hydrogen-bond acceptors (Lipinski definition) is 4. The largest absolute Gasteiger partial charge is 0.487 e. The molecule has 2 aromatic rings. The van der Waals surface area contributed by atoms with E-state index in [9.17, 15) is 4.79 Å². The third kappa shape index (κ3) is 2.68. The number of rotatable bonds is 4. The Kier molecular flexibility index (Phi) is 3.62. The molecule has 0 saturated heterocycles. The molecule has 2 rings (SSSR count). The molecule has 1 heterocycles. The van der Waals surface area contributed by atoms with Gasteiger partial charge < -0.3 is 9.84 Å². The molecule has 0 bridgehead atoms. The summed E-state index contributed by atoms with van der Waals surface area (Å²) in [6.07, 6.45) is 0. The van der Waals surface area contributed by atoms with Gasteiger partial charge >= 0.3 is 5.97 Å². The van der Waals surface area contributed by atoms with Crippen LogP contribution in [0.3, 0.4) is 0 Å². The summed E-state index contributed by atoms with van der Waals surface area (Å²) in [5, 5.41) is 11.9. The zero-order valence-corrected chi connectivity index (χ0v) is 11.0. The third-order valence-corrected chi connectivity index (χ3v) is 3.38. The van der Waals surface area contributed by atoms with Crippen LogP contribution in [-0.4, -0.2) is 16.1 Å². The van der Waals surface area contributed by atoms with Crippen molar-refractivity contribution in [2.24, 2.45) is 0 Å². The van der Waals surface area contributed by atoms with Crippen molar-refractivity contribution in [1.29, 1.82) is 0 Å². The molecular weight excluding hydrogens is 250 g/mol. The first-order chi connectivity index (χ1) is 8.58. The minimum atomic E-state index is -0.942. The van der Waals surface area contributed by atoms with Crippen LogP contribution < -0.4 is 4.74 Å². The fourth-order valence-electron chi connectivity index (χ4n) is 1.63. The van der Waals surface area contributed by atoms with E-state index < -0.39 is 5.97 Å². The lowest BCUT2D eigenvalue weighted by molar-refractivity contribution is 0.0695. The lowest BCUT2D eigenvalue weighted by Crippen LogP contribution is -2.03. The van der Waals surface area contributed by atoms with Gasteiger partial charge in [-0.15, -0.1) is 11.3 Å². The lowest BCUT2D eigenvalue weighted by atomic mass is 10.1. The summed E-state index contributed by atoms with van der Waals surface area (Å²) >= 11 is 1.57. The molecule has 94 valence electrons. The van der Waals surface area contributed by atoms with Gasteiger partial charge in [-0.05, 0) is 26.0 Å². The fraction of sp³-hybridized carbons (Fsp3) is 0.231. The summed E-state index contributed by atoms with van der Waals surface area (Å²) in [7, 11) is 0. The van der Waals surface area contributed by atoms with Gasteiger partial charge in [-0.2, -0.15) is 0 Å². The molecule has 0 aliphatic carbocycles. The van der Waals surface area contributed by atoms with E-state index in [1.54, 1.807) is 36.5 Å². The molecular formula is C13H13NO3S. The number of ether oxygens (including phenoxy) is 1. The SMILES string of the molecule is Cc1nc(COc2cccc(C(=O)O)c2C)cs1. The van der Waals surface area contributed by atoms with Gasteiger partial charge in [-0.1, -0.05) is 6.07 Å². The van der Waals surface area contributed by atoms with E-state index in [2.05, 4.69) is 4.98 Å². The minimum Gasteiger partial charge on any atom is -0.487 e. The van der Waals surface area contributed by atoms with Crippen molar-refractivity contribution in [3.05, 3.63) is 45.4 Å². The average Bonchev–Trinajstić information content (AvgIpc) is 2.73. The van der Waals surface area contributed by atoms with Crippen LogP contribution in [-0.2, 0) is 6.61 Å². The van der Waals surface area contributed by atoms with Gasteiger partial charge in [0, 0.05) is 10.9 Å². The van der Waals surface area contributed by atoms with Crippen molar-refractivity contribution in [2.75, 3.05) is 0 Å². The summed E-state index contributed by atoms with van der Waals surface area (Å²) in [5.74, 6) is -0.358. The first kappa shape index (κ1) is 12.6. The van der Waals surface area contributed by atoms with Crippen molar-refractivity contribution in [3.63, 3.8) is 0 Å². The van der Waals surface area contributed by atoms with Crippen molar-refractivity contribution < 1.29 is 14.6 Å². The van der Waals surface area contributed by atoms with Crippen LogP contribution in [0.15, 0.2) is 23.6 Å². The molecule has 1 N–H and O–H groups in total. The molecule has 5 heteroatoms. The van der Waals surface area contributed by atoms with Crippen LogP contribution in [0.5, 0.6) is 5.75 Å². The molecule has 0 fully saturated rings. The highest BCUT2D eigenvalue weighted by Gasteiger charge is 2.11. The molecule has 0 spiro atoms. The van der Waals surface area contributed by atoms with Gasteiger partial charge in [0.05, 0.1) is 16.3 Å². The van der Waals surface area contributed by atoms with E-state index in [0.717, 1.165) is 10.7 Å². The van der Waals surface area contributed by atoms with E-state index in [0.29, 0.717) is 17.9 Å². The van der Waals surface area contributed by atoms with Gasteiger partial charge in [0.15, 0.2) is 0 Å². The Labute approximate surface area is 109 Å². The minimum absolute atomic E-state index is 0.266. The van der Waals surface area contributed by atoms with Crippen LogP contribution in [0.4, 0.5) is 0 Å². The predicted octanol–water partition coefficient (Wildman–Crippen LogP) is 3.04. The second-order valence-electron chi connectivity index (χ2n) is 3.88. The smallest absolute Gasteiger partial charge is 0.336 e. The third-order valence-electron chi connectivity index (χ3n) is 2.56. The van der Waals surface area contributed by atoms with Gasteiger partial charge in [0.1, 0.15) is 12.4 Å². The number of carboxylic acid groups (broad SMARTS) is 1. The molecule has 4 nitrogen and oxygen atoms in total. The average molecular weight is 263 g/mol. The first-order valence-electron chi connectivity index (χ1n) is 5.44. The number of nitrogens with zero attached hydrogens (tertiary/aromatic N) is 1.